The molecule has 0 N–H and O–H groups in total. The maximum Gasteiger partial charge on any atom is 0.316 e. The van der Waals surface area contributed by atoms with Crippen LogP contribution in [0, 0.1) is 17.2 Å². The number of esters is 1. The van der Waals surface area contributed by atoms with E-state index in [2.05, 4.69) is 10.8 Å². The van der Waals surface area contributed by atoms with Crippen LogP contribution in [0.25, 0.3) is 0 Å². The summed E-state index contributed by atoms with van der Waals surface area (Å²) in [6.07, 6.45) is 0.555. The smallest absolute Gasteiger partial charge is 0.316 e. The second-order valence-electron chi connectivity index (χ2n) is 5.06. The molecule has 0 radical (unpaired) electrons. The molecule has 110 valence electrons. The van der Waals surface area contributed by atoms with Crippen LogP contribution in [-0.2, 0) is 19.7 Å². The summed E-state index contributed by atoms with van der Waals surface area (Å²) in [6, 6.07) is 7.12. The molecule has 6 heteroatoms. The molecule has 1 fully saturated rings. The van der Waals surface area contributed by atoms with E-state index >= 15 is 0 Å². The molecule has 2 atom stereocenters. The highest BCUT2D eigenvalue weighted by Gasteiger charge is 2.46. The molecule has 0 bridgehead atoms. The molecule has 1 aromatic rings. The predicted octanol–water partition coefficient (Wildman–Crippen LogP) is 3.30. The molecule has 1 saturated carbocycles. The number of carbonyl (C=O) groups excluding carboxylic acids is 2. The number of ether oxygens (including phenoxy) is 1. The summed E-state index contributed by atoms with van der Waals surface area (Å²) in [7, 11) is 1.23. The highest BCUT2D eigenvalue weighted by Crippen LogP contribution is 2.43. The fourth-order valence-corrected chi connectivity index (χ4v) is 3.31. The minimum atomic E-state index is -0.978. The quantitative estimate of drug-likeness (QED) is 0.618. The number of rotatable bonds is 2. The third kappa shape index (κ3) is 2.90. The van der Waals surface area contributed by atoms with Crippen molar-refractivity contribution in [3.8, 4) is 6.07 Å². The van der Waals surface area contributed by atoms with Gasteiger partial charge < -0.3 is 4.74 Å². The van der Waals surface area contributed by atoms with E-state index < -0.39 is 17.3 Å². The first kappa shape index (κ1) is 15.8. The lowest BCUT2D eigenvalue weighted by molar-refractivity contribution is -0.151. The van der Waals surface area contributed by atoms with Crippen molar-refractivity contribution >= 4 is 35.0 Å². The number of ketones is 1. The first-order chi connectivity index (χ1) is 9.93. The zero-order chi connectivity index (χ0) is 15.6. The topological polar surface area (TPSA) is 67.2 Å². The molecule has 0 saturated heterocycles. The summed E-state index contributed by atoms with van der Waals surface area (Å²) in [4.78, 5) is 23.6. The molecule has 0 heterocycles. The van der Waals surface area contributed by atoms with Gasteiger partial charge in [-0.15, -0.1) is 0 Å². The zero-order valence-electron chi connectivity index (χ0n) is 11.4. The minimum Gasteiger partial charge on any atom is -0.468 e. The highest BCUT2D eigenvalue weighted by molar-refractivity contribution is 6.35. The number of hydrogen-bond acceptors (Lipinski definition) is 4. The van der Waals surface area contributed by atoms with Crippen molar-refractivity contribution in [3.05, 3.63) is 33.8 Å². The normalized spacial score (nSPS) is 25.2. The van der Waals surface area contributed by atoms with Gasteiger partial charge in [-0.05, 0) is 30.5 Å². The van der Waals surface area contributed by atoms with Gasteiger partial charge in [0, 0.05) is 16.5 Å². The van der Waals surface area contributed by atoms with Crippen molar-refractivity contribution in [3.63, 3.8) is 0 Å². The minimum absolute atomic E-state index is 0.0797. The molecule has 1 aliphatic rings. The summed E-state index contributed by atoms with van der Waals surface area (Å²) in [6.45, 7) is 0. The van der Waals surface area contributed by atoms with Gasteiger partial charge in [0.25, 0.3) is 0 Å². The molecule has 21 heavy (non-hydrogen) atoms. The Morgan fingerprint density at radius 2 is 2.19 bits per heavy atom. The maximum atomic E-state index is 11.9. The summed E-state index contributed by atoms with van der Waals surface area (Å²) in [5.41, 5.74) is -0.383. The van der Waals surface area contributed by atoms with Crippen LogP contribution in [0.5, 0.6) is 0 Å². The Labute approximate surface area is 132 Å². The van der Waals surface area contributed by atoms with Crippen LogP contribution < -0.4 is 0 Å². The second-order valence-corrected chi connectivity index (χ2v) is 5.91. The molecule has 0 aliphatic heterocycles. The van der Waals surface area contributed by atoms with Gasteiger partial charge in [0.2, 0.25) is 0 Å². The van der Waals surface area contributed by atoms with Gasteiger partial charge in [0.05, 0.1) is 18.6 Å². The second kappa shape index (κ2) is 6.05. The number of methoxy groups -OCH3 is 1. The van der Waals surface area contributed by atoms with Crippen molar-refractivity contribution in [2.24, 2.45) is 5.92 Å². The van der Waals surface area contributed by atoms with Crippen LogP contribution in [0.1, 0.15) is 24.8 Å². The van der Waals surface area contributed by atoms with Crippen LogP contribution in [0.3, 0.4) is 0 Å². The maximum absolute atomic E-state index is 11.9. The van der Waals surface area contributed by atoms with Crippen LogP contribution >= 0.6 is 23.2 Å². The summed E-state index contributed by atoms with van der Waals surface area (Å²) in [5, 5.41) is 10.5. The number of nitrogens with zero attached hydrogens (tertiary/aromatic N) is 1. The van der Waals surface area contributed by atoms with Crippen molar-refractivity contribution in [2.75, 3.05) is 7.11 Å². The number of halogens is 2. The van der Waals surface area contributed by atoms with E-state index in [1.54, 1.807) is 18.2 Å². The average Bonchev–Trinajstić information content (AvgIpc) is 2.47. The molecule has 0 unspecified atom stereocenters. The summed E-state index contributed by atoms with van der Waals surface area (Å²) in [5.74, 6) is -1.72. The monoisotopic (exact) mass is 325 g/mol. The lowest BCUT2D eigenvalue weighted by Crippen LogP contribution is -2.40. The molecule has 2 rings (SSSR count). The lowest BCUT2D eigenvalue weighted by Gasteiger charge is -2.34. The first-order valence-electron chi connectivity index (χ1n) is 6.41. The molecule has 4 nitrogen and oxygen atoms in total. The standard InChI is InChI=1S/C15H13Cl2NO3/c1-21-14(20)10-7-15(8-18,5-4-13(10)19)11-3-2-9(16)6-12(11)17/h2-3,6,10H,4-5,7H2,1H3/t10-,15-/m0/s1. The average molecular weight is 326 g/mol. The molecule has 0 amide bonds. The van der Waals surface area contributed by atoms with Crippen molar-refractivity contribution in [2.45, 2.75) is 24.7 Å². The number of nitriles is 1. The number of carbonyl (C=O) groups is 2. The fraction of sp³-hybridized carbons (Fsp3) is 0.400. The van der Waals surface area contributed by atoms with E-state index in [-0.39, 0.29) is 18.6 Å². The van der Waals surface area contributed by atoms with E-state index in [1.165, 1.54) is 7.11 Å². The van der Waals surface area contributed by atoms with Crippen LogP contribution in [0.15, 0.2) is 18.2 Å². The summed E-state index contributed by atoms with van der Waals surface area (Å²) < 4.78 is 4.66. The van der Waals surface area contributed by atoms with E-state index in [4.69, 9.17) is 23.2 Å². The zero-order valence-corrected chi connectivity index (χ0v) is 12.9. The Bertz CT molecular complexity index is 630. The Morgan fingerprint density at radius 1 is 1.48 bits per heavy atom. The van der Waals surface area contributed by atoms with Gasteiger partial charge in [0.1, 0.15) is 11.7 Å². The van der Waals surface area contributed by atoms with E-state index in [0.717, 1.165) is 0 Å². The van der Waals surface area contributed by atoms with Crippen molar-refractivity contribution in [1.82, 2.24) is 0 Å². The third-order valence-electron chi connectivity index (χ3n) is 3.89. The van der Waals surface area contributed by atoms with Gasteiger partial charge in [-0.25, -0.2) is 0 Å². The third-order valence-corrected chi connectivity index (χ3v) is 4.43. The number of hydrogen-bond donors (Lipinski definition) is 0. The predicted molar refractivity (Wildman–Crippen MR) is 78.1 cm³/mol. The van der Waals surface area contributed by atoms with Gasteiger partial charge >= 0.3 is 5.97 Å². The molecule has 1 aliphatic carbocycles. The fourth-order valence-electron chi connectivity index (χ4n) is 2.72. The van der Waals surface area contributed by atoms with Crippen molar-refractivity contribution < 1.29 is 14.3 Å². The lowest BCUT2D eigenvalue weighted by atomic mass is 9.66. The molecular formula is C15H13Cl2NO3. The molecule has 0 spiro atoms. The molecular weight excluding hydrogens is 313 g/mol. The van der Waals surface area contributed by atoms with Crippen LogP contribution in [0.4, 0.5) is 0 Å². The first-order valence-corrected chi connectivity index (χ1v) is 7.16. The van der Waals surface area contributed by atoms with Gasteiger partial charge in [-0.3, -0.25) is 9.59 Å². The van der Waals surface area contributed by atoms with E-state index in [0.29, 0.717) is 22.0 Å². The Kier molecular flexibility index (Phi) is 4.55. The SMILES string of the molecule is COC(=O)[C@H]1C[C@@](C#N)(c2ccc(Cl)cc2Cl)CCC1=O. The van der Waals surface area contributed by atoms with Crippen LogP contribution in [-0.4, -0.2) is 18.9 Å². The van der Waals surface area contributed by atoms with Gasteiger partial charge in [0.15, 0.2) is 0 Å². The van der Waals surface area contributed by atoms with Crippen LogP contribution in [0.2, 0.25) is 10.0 Å². The van der Waals surface area contributed by atoms with E-state index in [9.17, 15) is 14.9 Å². The Balaban J connectivity index is 2.45. The Hall–Kier alpha value is -1.57. The number of Topliss-reactive ketones (excluding diaryl/α,β-unsaturated/α-hetero) is 1. The van der Waals surface area contributed by atoms with Gasteiger partial charge in [-0.2, -0.15) is 5.26 Å². The Morgan fingerprint density at radius 3 is 2.76 bits per heavy atom. The van der Waals surface area contributed by atoms with Crippen molar-refractivity contribution in [1.29, 1.82) is 5.26 Å². The molecule has 1 aromatic carbocycles. The molecule has 0 aromatic heterocycles. The van der Waals surface area contributed by atoms with E-state index in [1.807, 2.05) is 0 Å². The van der Waals surface area contributed by atoms with Gasteiger partial charge in [-0.1, -0.05) is 29.3 Å². The summed E-state index contributed by atoms with van der Waals surface area (Å²) >= 11 is 12.1. The largest absolute Gasteiger partial charge is 0.468 e. The number of benzene rings is 1. The highest BCUT2D eigenvalue weighted by atomic mass is 35.5.